The summed E-state index contributed by atoms with van der Waals surface area (Å²) in [5, 5.41) is 15.6. The average molecular weight is 605 g/mol. The highest BCUT2D eigenvalue weighted by molar-refractivity contribution is 6.00. The summed E-state index contributed by atoms with van der Waals surface area (Å²) in [6.45, 7) is 5.67. The second-order valence-electron chi connectivity index (χ2n) is 11.4. The fourth-order valence-electron chi connectivity index (χ4n) is 5.41. The van der Waals surface area contributed by atoms with Gasteiger partial charge in [-0.3, -0.25) is 9.69 Å². The van der Waals surface area contributed by atoms with Gasteiger partial charge in [-0.1, -0.05) is 19.1 Å². The van der Waals surface area contributed by atoms with Crippen molar-refractivity contribution in [3.63, 3.8) is 0 Å². The smallest absolute Gasteiger partial charge is 0.323 e. The van der Waals surface area contributed by atoms with Gasteiger partial charge in [-0.05, 0) is 62.0 Å². The van der Waals surface area contributed by atoms with Crippen LogP contribution in [0.5, 0.6) is 23.0 Å². The molecule has 234 valence electrons. The Kier molecular flexibility index (Phi) is 9.76. The van der Waals surface area contributed by atoms with E-state index >= 15 is 0 Å². The summed E-state index contributed by atoms with van der Waals surface area (Å²) in [6, 6.07) is 17.7. The van der Waals surface area contributed by atoms with Gasteiger partial charge in [0.15, 0.2) is 11.5 Å². The van der Waals surface area contributed by atoms with Gasteiger partial charge in [-0.25, -0.2) is 4.79 Å². The molecule has 2 aliphatic rings. The van der Waals surface area contributed by atoms with Crippen molar-refractivity contribution >= 4 is 23.3 Å². The Morgan fingerprint density at radius 3 is 2.43 bits per heavy atom. The molecule has 3 aromatic rings. The Hall–Kier alpha value is -4.48. The third-order valence-corrected chi connectivity index (χ3v) is 7.91. The van der Waals surface area contributed by atoms with Crippen LogP contribution in [0, 0.1) is 5.92 Å². The number of carbonyl (C=O) groups excluding carboxylic acids is 2. The van der Waals surface area contributed by atoms with Crippen LogP contribution in [-0.4, -0.2) is 79.6 Å². The number of carbonyl (C=O) groups is 2. The Balaban J connectivity index is 1.33. The number of methoxy groups -OCH3 is 1. The molecule has 11 heteroatoms. The molecule has 0 saturated carbocycles. The summed E-state index contributed by atoms with van der Waals surface area (Å²) in [6.07, 6.45) is -0.176. The monoisotopic (exact) mass is 604 g/mol. The number of nitrogens with zero attached hydrogens (tertiary/aromatic N) is 2. The van der Waals surface area contributed by atoms with Crippen molar-refractivity contribution in [1.29, 1.82) is 0 Å². The number of hydrogen-bond donors (Lipinski definition) is 3. The van der Waals surface area contributed by atoms with Crippen molar-refractivity contribution in [2.75, 3.05) is 51.3 Å². The summed E-state index contributed by atoms with van der Waals surface area (Å²) in [7, 11) is 3.69. The molecule has 0 aliphatic carbocycles. The number of rotatable bonds is 9. The van der Waals surface area contributed by atoms with Crippen LogP contribution in [0.25, 0.3) is 0 Å². The fraction of sp³-hybridized carbons (Fsp3) is 0.394. The van der Waals surface area contributed by atoms with E-state index in [1.807, 2.05) is 38.2 Å². The molecule has 3 aromatic carbocycles. The first kappa shape index (κ1) is 31.0. The lowest BCUT2D eigenvalue weighted by Crippen LogP contribution is -2.47. The summed E-state index contributed by atoms with van der Waals surface area (Å²) < 4.78 is 22.6. The van der Waals surface area contributed by atoms with Crippen LogP contribution in [0.2, 0.25) is 0 Å². The van der Waals surface area contributed by atoms with Gasteiger partial charge in [0.1, 0.15) is 17.6 Å². The van der Waals surface area contributed by atoms with Crippen molar-refractivity contribution in [3.8, 4) is 23.0 Å². The molecule has 0 bridgehead atoms. The molecule has 3 atom stereocenters. The van der Waals surface area contributed by atoms with E-state index in [1.54, 1.807) is 48.4 Å². The number of aliphatic hydroxyl groups is 1. The number of anilines is 2. The van der Waals surface area contributed by atoms with Gasteiger partial charge in [0, 0.05) is 48.6 Å². The number of aliphatic hydroxyl groups excluding tert-OH is 1. The van der Waals surface area contributed by atoms with E-state index in [2.05, 4.69) is 22.5 Å². The average Bonchev–Trinajstić information content (AvgIpc) is 3.49. The van der Waals surface area contributed by atoms with Crippen LogP contribution < -0.4 is 29.6 Å². The normalized spacial score (nSPS) is 18.4. The van der Waals surface area contributed by atoms with Gasteiger partial charge < -0.3 is 39.6 Å². The van der Waals surface area contributed by atoms with Gasteiger partial charge in [0.25, 0.3) is 0 Å². The lowest BCUT2D eigenvalue weighted by molar-refractivity contribution is -0.134. The predicted octanol–water partition coefficient (Wildman–Crippen LogP) is 4.35. The van der Waals surface area contributed by atoms with Crippen LogP contribution in [0.4, 0.5) is 16.2 Å². The third-order valence-electron chi connectivity index (χ3n) is 7.91. The maximum atomic E-state index is 13.5. The fourth-order valence-corrected chi connectivity index (χ4v) is 5.41. The molecular weight excluding hydrogens is 564 g/mol. The van der Waals surface area contributed by atoms with E-state index in [0.717, 1.165) is 11.3 Å². The first-order chi connectivity index (χ1) is 21.2. The van der Waals surface area contributed by atoms with Crippen molar-refractivity contribution < 1.29 is 33.6 Å². The number of fused-ring (bicyclic) bond motifs is 2. The zero-order chi connectivity index (χ0) is 31.2. The quantitative estimate of drug-likeness (QED) is 0.330. The molecule has 0 saturated heterocycles. The van der Waals surface area contributed by atoms with Gasteiger partial charge in [0.2, 0.25) is 12.7 Å². The Bertz CT molecular complexity index is 1460. The van der Waals surface area contributed by atoms with Crippen LogP contribution in [-0.2, 0) is 17.8 Å². The van der Waals surface area contributed by atoms with Gasteiger partial charge in [-0.2, -0.15) is 0 Å². The number of likely N-dealkylation sites (N-methyl/N-ethyl adjacent to an activating group) is 1. The highest BCUT2D eigenvalue weighted by Gasteiger charge is 2.31. The minimum atomic E-state index is -0.443. The van der Waals surface area contributed by atoms with Crippen molar-refractivity contribution in [2.45, 2.75) is 39.0 Å². The first-order valence-corrected chi connectivity index (χ1v) is 14.7. The van der Waals surface area contributed by atoms with Crippen molar-refractivity contribution in [2.24, 2.45) is 5.92 Å². The van der Waals surface area contributed by atoms with E-state index < -0.39 is 6.03 Å². The molecule has 2 aliphatic heterocycles. The molecule has 0 aromatic heterocycles. The second-order valence-corrected chi connectivity index (χ2v) is 11.4. The van der Waals surface area contributed by atoms with Gasteiger partial charge >= 0.3 is 6.03 Å². The summed E-state index contributed by atoms with van der Waals surface area (Å²) in [5.74, 6) is 2.45. The molecular formula is C33H40N4O7. The molecule has 2 heterocycles. The molecule has 0 radical (unpaired) electrons. The number of benzene rings is 3. The molecule has 0 spiro atoms. The Morgan fingerprint density at radius 2 is 1.73 bits per heavy atom. The first-order valence-electron chi connectivity index (χ1n) is 14.7. The number of hydrogen-bond acceptors (Lipinski definition) is 8. The molecule has 11 nitrogen and oxygen atoms in total. The molecule has 44 heavy (non-hydrogen) atoms. The van der Waals surface area contributed by atoms with E-state index in [0.29, 0.717) is 53.8 Å². The summed E-state index contributed by atoms with van der Waals surface area (Å²) >= 11 is 0. The van der Waals surface area contributed by atoms with Crippen molar-refractivity contribution in [3.05, 3.63) is 71.8 Å². The third kappa shape index (κ3) is 7.53. The maximum Gasteiger partial charge on any atom is 0.323 e. The van der Waals surface area contributed by atoms with E-state index in [9.17, 15) is 14.7 Å². The van der Waals surface area contributed by atoms with Crippen LogP contribution in [0.1, 0.15) is 25.0 Å². The molecule has 0 fully saturated rings. The number of urea groups is 1. The molecule has 3 N–H and O–H groups in total. The minimum Gasteiger partial charge on any atom is -0.497 e. The largest absolute Gasteiger partial charge is 0.497 e. The van der Waals surface area contributed by atoms with Gasteiger partial charge in [0.05, 0.1) is 26.2 Å². The molecule has 3 amide bonds. The van der Waals surface area contributed by atoms with Crippen LogP contribution in [0.15, 0.2) is 60.7 Å². The number of ether oxygens (including phenoxy) is 4. The van der Waals surface area contributed by atoms with Crippen LogP contribution in [0.3, 0.4) is 0 Å². The topological polar surface area (TPSA) is 122 Å². The zero-order valence-corrected chi connectivity index (χ0v) is 25.5. The van der Waals surface area contributed by atoms with E-state index in [1.165, 1.54) is 0 Å². The second kappa shape index (κ2) is 13.9. The van der Waals surface area contributed by atoms with Crippen LogP contribution >= 0.6 is 0 Å². The molecule has 5 rings (SSSR count). The van der Waals surface area contributed by atoms with Crippen molar-refractivity contribution in [1.82, 2.24) is 9.80 Å². The highest BCUT2D eigenvalue weighted by atomic mass is 16.7. The Morgan fingerprint density at radius 1 is 1.05 bits per heavy atom. The zero-order valence-electron chi connectivity index (χ0n) is 25.5. The van der Waals surface area contributed by atoms with Gasteiger partial charge in [-0.15, -0.1) is 0 Å². The minimum absolute atomic E-state index is 0.0255. The number of amides is 3. The molecule has 0 unspecified atom stereocenters. The highest BCUT2D eigenvalue weighted by Crippen LogP contribution is 2.34. The number of nitrogens with one attached hydrogen (secondary N) is 2. The summed E-state index contributed by atoms with van der Waals surface area (Å²) in [4.78, 5) is 30.3. The summed E-state index contributed by atoms with van der Waals surface area (Å²) in [5.41, 5.74) is 2.87. The predicted molar refractivity (Wildman–Crippen MR) is 167 cm³/mol. The SMILES string of the molecule is COc1ccc(CN(C)C[C@@H]2Oc3ccc(NC(=O)Nc4ccc5c(c4)OCO5)cc3CC(=O)N([C@H](C)CO)C[C@@H]2C)cc1. The lowest BCUT2D eigenvalue weighted by atomic mass is 10.0. The Labute approximate surface area is 257 Å². The maximum absolute atomic E-state index is 13.5. The lowest BCUT2D eigenvalue weighted by Gasteiger charge is -2.34. The standard InChI is InChI=1S/C33H40N4O7/c1-21-16-37(22(2)19-38)32(39)14-24-13-25(34-33(40)35-26-8-12-29-30(15-26)43-20-42-29)7-11-28(24)44-31(21)18-36(3)17-23-5-9-27(41-4)10-6-23/h5-13,15,21-22,31,38H,14,16-20H2,1-4H3,(H2,34,35,40)/t21-,22+,31-/m0/s1. The van der Waals surface area contributed by atoms with E-state index in [-0.39, 0.29) is 43.8 Å². The van der Waals surface area contributed by atoms with E-state index in [4.69, 9.17) is 18.9 Å².